The van der Waals surface area contributed by atoms with E-state index in [0.29, 0.717) is 0 Å². The Balaban J connectivity index is 2.54. The van der Waals surface area contributed by atoms with Gasteiger partial charge in [-0.1, -0.05) is 0 Å². The molecule has 0 atom stereocenters. The molecule has 0 aliphatic rings. The Morgan fingerprint density at radius 2 is 2.11 bits per heavy atom. The van der Waals surface area contributed by atoms with Gasteiger partial charge >= 0.3 is 21.5 Å². The molecule has 2 N–H and O–H groups in total. The van der Waals surface area contributed by atoms with Gasteiger partial charge in [-0.25, -0.2) is 22.9 Å². The van der Waals surface area contributed by atoms with E-state index in [1.165, 1.54) is 10.1 Å². The zero-order valence-electron chi connectivity index (χ0n) is 8.56. The van der Waals surface area contributed by atoms with Crippen molar-refractivity contribution in [3.63, 3.8) is 0 Å². The van der Waals surface area contributed by atoms with Crippen molar-refractivity contribution in [2.75, 3.05) is 6.54 Å². The normalized spacial score (nSPS) is 12.6. The highest BCUT2D eigenvalue weighted by molar-refractivity contribution is 7.90. The van der Waals surface area contributed by atoms with Crippen LogP contribution in [0.1, 0.15) is 15.5 Å². The van der Waals surface area contributed by atoms with Crippen molar-refractivity contribution in [1.29, 1.82) is 0 Å². The molecule has 0 unspecified atom stereocenters. The van der Waals surface area contributed by atoms with E-state index in [9.17, 15) is 26.4 Å². The molecule has 0 saturated carbocycles. The van der Waals surface area contributed by atoms with Gasteiger partial charge < -0.3 is 5.11 Å². The Kier molecular flexibility index (Phi) is 4.29. The van der Waals surface area contributed by atoms with E-state index in [2.05, 4.69) is 4.98 Å². The van der Waals surface area contributed by atoms with Crippen LogP contribution in [0.4, 0.5) is 13.2 Å². The number of aromatic nitrogens is 1. The molecule has 0 spiro atoms. The monoisotopic (exact) mass is 304 g/mol. The molecule has 0 aliphatic heterocycles. The standard InChI is InChI=1S/C7H7F3N2O4S2/c8-7(9,10)18(15,16)11-2-1-5-12-4(3-17-5)6(13)14/h3,11H,1-2H2,(H,13,14). The minimum Gasteiger partial charge on any atom is -0.476 e. The highest BCUT2D eigenvalue weighted by Gasteiger charge is 2.45. The molecule has 6 nitrogen and oxygen atoms in total. The van der Waals surface area contributed by atoms with Crippen molar-refractivity contribution in [3.05, 3.63) is 16.1 Å². The Morgan fingerprint density at radius 1 is 1.50 bits per heavy atom. The summed E-state index contributed by atoms with van der Waals surface area (Å²) in [5.74, 6) is -1.26. The summed E-state index contributed by atoms with van der Waals surface area (Å²) >= 11 is 0.928. The highest BCUT2D eigenvalue weighted by atomic mass is 32.2. The number of thiazole rings is 1. The fraction of sp³-hybridized carbons (Fsp3) is 0.429. The van der Waals surface area contributed by atoms with Crippen LogP contribution < -0.4 is 4.72 Å². The van der Waals surface area contributed by atoms with Crippen LogP contribution in [-0.4, -0.2) is 36.5 Å². The smallest absolute Gasteiger partial charge is 0.476 e. The second-order valence-corrected chi connectivity index (χ2v) is 5.73. The topological polar surface area (TPSA) is 96.4 Å². The fourth-order valence-corrected chi connectivity index (χ4v) is 2.20. The first-order valence-electron chi connectivity index (χ1n) is 4.37. The van der Waals surface area contributed by atoms with Gasteiger partial charge in [-0.15, -0.1) is 11.3 Å². The number of sulfonamides is 1. The summed E-state index contributed by atoms with van der Waals surface area (Å²) in [6, 6.07) is 0. The van der Waals surface area contributed by atoms with Crippen molar-refractivity contribution >= 4 is 27.3 Å². The SMILES string of the molecule is O=C(O)c1csc(CCNS(=O)(=O)C(F)(F)F)n1. The zero-order valence-corrected chi connectivity index (χ0v) is 10.2. The largest absolute Gasteiger partial charge is 0.511 e. The number of carboxylic acids is 1. The number of alkyl halides is 3. The maximum atomic E-state index is 11.9. The summed E-state index contributed by atoms with van der Waals surface area (Å²) in [4.78, 5) is 14.1. The Hall–Kier alpha value is -1.20. The number of carbonyl (C=O) groups is 1. The lowest BCUT2D eigenvalue weighted by Gasteiger charge is -2.08. The van der Waals surface area contributed by atoms with Crippen molar-refractivity contribution in [2.45, 2.75) is 11.9 Å². The highest BCUT2D eigenvalue weighted by Crippen LogP contribution is 2.21. The van der Waals surface area contributed by atoms with Crippen molar-refractivity contribution in [2.24, 2.45) is 0 Å². The maximum absolute atomic E-state index is 11.9. The van der Waals surface area contributed by atoms with Crippen molar-refractivity contribution in [1.82, 2.24) is 9.71 Å². The van der Waals surface area contributed by atoms with Crippen LogP contribution >= 0.6 is 11.3 Å². The molecule has 18 heavy (non-hydrogen) atoms. The Bertz CT molecular complexity index is 537. The van der Waals surface area contributed by atoms with E-state index in [-0.39, 0.29) is 17.1 Å². The van der Waals surface area contributed by atoms with Crippen LogP contribution in [0.2, 0.25) is 0 Å². The number of hydrogen-bond acceptors (Lipinski definition) is 5. The first-order valence-corrected chi connectivity index (χ1v) is 6.73. The molecule has 0 bridgehead atoms. The number of nitrogens with one attached hydrogen (secondary N) is 1. The molecule has 0 saturated heterocycles. The number of carboxylic acid groups (broad SMARTS) is 1. The van der Waals surface area contributed by atoms with Gasteiger partial charge in [0.1, 0.15) is 0 Å². The van der Waals surface area contributed by atoms with Crippen LogP contribution in [0.3, 0.4) is 0 Å². The van der Waals surface area contributed by atoms with Gasteiger partial charge in [0.25, 0.3) is 0 Å². The average Bonchev–Trinajstić information content (AvgIpc) is 2.64. The molecule has 11 heteroatoms. The van der Waals surface area contributed by atoms with Crippen LogP contribution in [0, 0.1) is 0 Å². The van der Waals surface area contributed by atoms with Crippen LogP contribution in [0.15, 0.2) is 5.38 Å². The van der Waals surface area contributed by atoms with Gasteiger partial charge in [-0.3, -0.25) is 0 Å². The summed E-state index contributed by atoms with van der Waals surface area (Å²) in [5, 5.41) is 10.00. The average molecular weight is 304 g/mol. The van der Waals surface area contributed by atoms with E-state index in [1.807, 2.05) is 0 Å². The first-order chi connectivity index (χ1) is 8.13. The van der Waals surface area contributed by atoms with Crippen LogP contribution in [-0.2, 0) is 16.4 Å². The minimum absolute atomic E-state index is 0.118. The molecule has 102 valence electrons. The molecule has 1 rings (SSSR count). The second-order valence-electron chi connectivity index (χ2n) is 3.03. The van der Waals surface area contributed by atoms with Crippen LogP contribution in [0.5, 0.6) is 0 Å². The number of nitrogens with zero attached hydrogens (tertiary/aromatic N) is 1. The third-order valence-electron chi connectivity index (χ3n) is 1.71. The van der Waals surface area contributed by atoms with Crippen molar-refractivity contribution < 1.29 is 31.5 Å². The van der Waals surface area contributed by atoms with Gasteiger partial charge in [0.05, 0.1) is 5.01 Å². The van der Waals surface area contributed by atoms with Gasteiger partial charge in [0.2, 0.25) is 0 Å². The molecule has 0 aromatic carbocycles. The van der Waals surface area contributed by atoms with E-state index < -0.39 is 28.0 Å². The Labute approximate surface area is 104 Å². The van der Waals surface area contributed by atoms with E-state index >= 15 is 0 Å². The summed E-state index contributed by atoms with van der Waals surface area (Å²) in [6.07, 6.45) is -0.118. The third kappa shape index (κ3) is 3.65. The number of halogens is 3. The lowest BCUT2D eigenvalue weighted by Crippen LogP contribution is -2.37. The van der Waals surface area contributed by atoms with Gasteiger partial charge in [-0.05, 0) is 0 Å². The van der Waals surface area contributed by atoms with Gasteiger partial charge in [-0.2, -0.15) is 13.2 Å². The molecule has 1 aromatic heterocycles. The molecule has 0 aliphatic carbocycles. The number of hydrogen-bond donors (Lipinski definition) is 2. The molecular weight excluding hydrogens is 297 g/mol. The predicted octanol–water partition coefficient (Wildman–Crippen LogP) is 0.823. The summed E-state index contributed by atoms with van der Waals surface area (Å²) < 4.78 is 58.4. The summed E-state index contributed by atoms with van der Waals surface area (Å²) in [5.41, 5.74) is -5.59. The fourth-order valence-electron chi connectivity index (χ4n) is 0.898. The second kappa shape index (κ2) is 5.20. The first kappa shape index (κ1) is 14.9. The molecule has 1 aromatic rings. The van der Waals surface area contributed by atoms with E-state index in [1.54, 1.807) is 0 Å². The van der Waals surface area contributed by atoms with Gasteiger partial charge in [0, 0.05) is 18.3 Å². The zero-order chi connectivity index (χ0) is 14.0. The summed E-state index contributed by atoms with van der Waals surface area (Å²) in [7, 11) is -5.37. The minimum atomic E-state index is -5.37. The quantitative estimate of drug-likeness (QED) is 0.839. The lowest BCUT2D eigenvalue weighted by atomic mass is 10.4. The summed E-state index contributed by atoms with van der Waals surface area (Å²) in [6.45, 7) is -0.506. The van der Waals surface area contributed by atoms with Gasteiger partial charge in [0.15, 0.2) is 5.69 Å². The van der Waals surface area contributed by atoms with Crippen LogP contribution in [0.25, 0.3) is 0 Å². The molecule has 0 amide bonds. The Morgan fingerprint density at radius 3 is 2.56 bits per heavy atom. The number of rotatable bonds is 5. The molecule has 0 radical (unpaired) electrons. The lowest BCUT2D eigenvalue weighted by molar-refractivity contribution is -0.0447. The molecule has 0 fully saturated rings. The molecular formula is C7H7F3N2O4S2. The van der Waals surface area contributed by atoms with E-state index in [0.717, 1.165) is 11.3 Å². The molecule has 1 heterocycles. The van der Waals surface area contributed by atoms with E-state index in [4.69, 9.17) is 5.11 Å². The number of aromatic carboxylic acids is 1. The van der Waals surface area contributed by atoms with Crippen molar-refractivity contribution in [3.8, 4) is 0 Å². The third-order valence-corrected chi connectivity index (χ3v) is 3.81. The maximum Gasteiger partial charge on any atom is 0.511 e. The predicted molar refractivity (Wildman–Crippen MR) is 55.8 cm³/mol.